The summed E-state index contributed by atoms with van der Waals surface area (Å²) in [5.74, 6) is -1.44. The van der Waals surface area contributed by atoms with Crippen LogP contribution in [0, 0.1) is 24.4 Å². The normalized spacial score (nSPS) is 11.3. The number of nitrogens with one attached hydrogen (secondary N) is 1. The van der Waals surface area contributed by atoms with Crippen LogP contribution in [-0.4, -0.2) is 14.5 Å². The molecule has 0 fully saturated rings. The first-order chi connectivity index (χ1) is 13.4. The lowest BCUT2D eigenvalue weighted by molar-refractivity contribution is 0.591. The quantitative estimate of drug-likeness (QED) is 0.397. The second kappa shape index (κ2) is 7.20. The molecule has 142 valence electrons. The van der Waals surface area contributed by atoms with Crippen molar-refractivity contribution in [3.05, 3.63) is 87.6 Å². The summed E-state index contributed by atoms with van der Waals surface area (Å²) in [6.45, 7) is 1.80. The summed E-state index contributed by atoms with van der Waals surface area (Å²) in [6.07, 6.45) is 0. The standard InChI is InChI=1S/C20H14F3N3OS/c1-11-8-17-18(24-11)19(27)26(15-5-2-13(21)3-6-15)20(25-17)28-10-12-9-14(22)4-7-16(12)23/h2-9,24H,10H2,1H3. The highest BCUT2D eigenvalue weighted by molar-refractivity contribution is 7.98. The summed E-state index contributed by atoms with van der Waals surface area (Å²) in [5.41, 5.74) is 1.80. The minimum absolute atomic E-state index is 0.0755. The Morgan fingerprint density at radius 2 is 1.75 bits per heavy atom. The van der Waals surface area contributed by atoms with Crippen molar-refractivity contribution in [2.45, 2.75) is 17.8 Å². The van der Waals surface area contributed by atoms with Crippen molar-refractivity contribution in [2.75, 3.05) is 0 Å². The molecule has 0 aliphatic carbocycles. The number of benzene rings is 2. The molecular formula is C20H14F3N3OS. The molecule has 0 atom stereocenters. The SMILES string of the molecule is Cc1cc2nc(SCc3cc(F)ccc3F)n(-c3ccc(F)cc3)c(=O)c2[nH]1. The summed E-state index contributed by atoms with van der Waals surface area (Å²) >= 11 is 1.10. The second-order valence-corrected chi connectivity index (χ2v) is 7.19. The minimum atomic E-state index is -0.544. The first kappa shape index (κ1) is 18.4. The first-order valence-corrected chi connectivity index (χ1v) is 9.36. The van der Waals surface area contributed by atoms with E-state index in [4.69, 9.17) is 0 Å². The Labute approximate surface area is 162 Å². The monoisotopic (exact) mass is 401 g/mol. The third-order valence-corrected chi connectivity index (χ3v) is 5.19. The fourth-order valence-electron chi connectivity index (χ4n) is 2.89. The lowest BCUT2D eigenvalue weighted by Crippen LogP contribution is -2.21. The predicted octanol–water partition coefficient (Wildman–Crippen LogP) is 4.73. The number of thioether (sulfide) groups is 1. The van der Waals surface area contributed by atoms with Gasteiger partial charge in [0.2, 0.25) is 0 Å². The predicted molar refractivity (Wildman–Crippen MR) is 102 cm³/mol. The van der Waals surface area contributed by atoms with Gasteiger partial charge < -0.3 is 4.98 Å². The van der Waals surface area contributed by atoms with Crippen molar-refractivity contribution >= 4 is 22.8 Å². The molecule has 8 heteroatoms. The highest BCUT2D eigenvalue weighted by Gasteiger charge is 2.16. The summed E-state index contributed by atoms with van der Waals surface area (Å²) in [7, 11) is 0. The number of fused-ring (bicyclic) bond motifs is 1. The van der Waals surface area contributed by atoms with Crippen LogP contribution in [-0.2, 0) is 5.75 Å². The van der Waals surface area contributed by atoms with Crippen molar-refractivity contribution in [3.8, 4) is 5.69 Å². The zero-order valence-electron chi connectivity index (χ0n) is 14.7. The molecule has 0 saturated carbocycles. The average Bonchev–Trinajstić information content (AvgIpc) is 3.04. The fraction of sp³-hybridized carbons (Fsp3) is 0.100. The topological polar surface area (TPSA) is 50.7 Å². The minimum Gasteiger partial charge on any atom is -0.353 e. The maximum absolute atomic E-state index is 14.0. The van der Waals surface area contributed by atoms with E-state index in [-0.39, 0.29) is 16.9 Å². The number of aryl methyl sites for hydroxylation is 1. The van der Waals surface area contributed by atoms with E-state index in [1.807, 2.05) is 0 Å². The molecule has 0 aliphatic rings. The van der Waals surface area contributed by atoms with E-state index in [0.29, 0.717) is 21.9 Å². The molecule has 0 saturated heterocycles. The molecule has 0 unspecified atom stereocenters. The van der Waals surface area contributed by atoms with E-state index in [1.165, 1.54) is 28.8 Å². The Bertz CT molecular complexity index is 1230. The molecule has 2 aromatic heterocycles. The van der Waals surface area contributed by atoms with E-state index in [1.54, 1.807) is 13.0 Å². The van der Waals surface area contributed by atoms with Gasteiger partial charge in [-0.3, -0.25) is 9.36 Å². The van der Waals surface area contributed by atoms with Gasteiger partial charge in [0.15, 0.2) is 5.16 Å². The summed E-state index contributed by atoms with van der Waals surface area (Å²) in [6, 6.07) is 10.4. The van der Waals surface area contributed by atoms with E-state index >= 15 is 0 Å². The number of hydrogen-bond donors (Lipinski definition) is 1. The molecule has 2 heterocycles. The molecule has 0 amide bonds. The van der Waals surface area contributed by atoms with Gasteiger partial charge in [-0.25, -0.2) is 18.2 Å². The molecule has 0 aliphatic heterocycles. The van der Waals surface area contributed by atoms with E-state index in [2.05, 4.69) is 9.97 Å². The Hall–Kier alpha value is -3.00. The van der Waals surface area contributed by atoms with Gasteiger partial charge in [0.25, 0.3) is 5.56 Å². The van der Waals surface area contributed by atoms with E-state index in [0.717, 1.165) is 35.7 Å². The molecule has 0 radical (unpaired) electrons. The van der Waals surface area contributed by atoms with Gasteiger partial charge in [-0.15, -0.1) is 0 Å². The smallest absolute Gasteiger partial charge is 0.283 e. The molecule has 4 aromatic rings. The third kappa shape index (κ3) is 3.43. The molecule has 4 rings (SSSR count). The largest absolute Gasteiger partial charge is 0.353 e. The number of nitrogens with zero attached hydrogens (tertiary/aromatic N) is 2. The van der Waals surface area contributed by atoms with Crippen molar-refractivity contribution < 1.29 is 13.2 Å². The highest BCUT2D eigenvalue weighted by atomic mass is 32.2. The van der Waals surface area contributed by atoms with Crippen molar-refractivity contribution in [2.24, 2.45) is 0 Å². The summed E-state index contributed by atoms with van der Waals surface area (Å²) in [4.78, 5) is 20.5. The van der Waals surface area contributed by atoms with Gasteiger partial charge in [0, 0.05) is 17.0 Å². The van der Waals surface area contributed by atoms with Crippen LogP contribution >= 0.6 is 11.8 Å². The van der Waals surface area contributed by atoms with Crippen molar-refractivity contribution in [3.63, 3.8) is 0 Å². The van der Waals surface area contributed by atoms with Crippen LogP contribution in [0.3, 0.4) is 0 Å². The van der Waals surface area contributed by atoms with Gasteiger partial charge >= 0.3 is 0 Å². The number of halogens is 3. The zero-order chi connectivity index (χ0) is 19.8. The van der Waals surface area contributed by atoms with Gasteiger partial charge in [-0.05, 0) is 55.5 Å². The fourth-order valence-corrected chi connectivity index (χ4v) is 3.87. The van der Waals surface area contributed by atoms with Crippen LogP contribution < -0.4 is 5.56 Å². The van der Waals surface area contributed by atoms with Crippen LogP contribution in [0.4, 0.5) is 13.2 Å². The van der Waals surface area contributed by atoms with Crippen LogP contribution in [0.25, 0.3) is 16.7 Å². The number of rotatable bonds is 4. The maximum atomic E-state index is 14.0. The van der Waals surface area contributed by atoms with Crippen LogP contribution in [0.5, 0.6) is 0 Å². The van der Waals surface area contributed by atoms with Crippen LogP contribution in [0.15, 0.2) is 58.5 Å². The molecule has 0 bridgehead atoms. The van der Waals surface area contributed by atoms with Gasteiger partial charge in [0.05, 0.1) is 11.2 Å². The van der Waals surface area contributed by atoms with Gasteiger partial charge in [0.1, 0.15) is 23.0 Å². The average molecular weight is 401 g/mol. The Balaban J connectivity index is 1.83. The number of aromatic nitrogens is 3. The number of hydrogen-bond acceptors (Lipinski definition) is 3. The lowest BCUT2D eigenvalue weighted by atomic mass is 10.2. The molecule has 28 heavy (non-hydrogen) atoms. The number of aromatic amines is 1. The molecule has 0 spiro atoms. The Morgan fingerprint density at radius 1 is 1.04 bits per heavy atom. The third-order valence-electron chi connectivity index (χ3n) is 4.21. The lowest BCUT2D eigenvalue weighted by Gasteiger charge is -2.12. The van der Waals surface area contributed by atoms with Crippen molar-refractivity contribution in [1.29, 1.82) is 0 Å². The van der Waals surface area contributed by atoms with Crippen LogP contribution in [0.1, 0.15) is 11.3 Å². The van der Waals surface area contributed by atoms with Gasteiger partial charge in [-0.2, -0.15) is 0 Å². The molecular weight excluding hydrogens is 387 g/mol. The zero-order valence-corrected chi connectivity index (χ0v) is 15.5. The first-order valence-electron chi connectivity index (χ1n) is 8.37. The van der Waals surface area contributed by atoms with Crippen LogP contribution in [0.2, 0.25) is 0 Å². The summed E-state index contributed by atoms with van der Waals surface area (Å²) < 4.78 is 42.1. The van der Waals surface area contributed by atoms with Gasteiger partial charge in [-0.1, -0.05) is 11.8 Å². The van der Waals surface area contributed by atoms with E-state index in [9.17, 15) is 18.0 Å². The Kier molecular flexibility index (Phi) is 4.72. The molecule has 2 aromatic carbocycles. The van der Waals surface area contributed by atoms with Crippen molar-refractivity contribution in [1.82, 2.24) is 14.5 Å². The number of H-pyrrole nitrogens is 1. The Morgan fingerprint density at radius 3 is 2.50 bits per heavy atom. The second-order valence-electron chi connectivity index (χ2n) is 6.25. The molecule has 1 N–H and O–H groups in total. The van der Waals surface area contributed by atoms with E-state index < -0.39 is 17.5 Å². The maximum Gasteiger partial charge on any atom is 0.283 e. The summed E-state index contributed by atoms with van der Waals surface area (Å²) in [5, 5.41) is 0.298. The molecule has 4 nitrogen and oxygen atoms in total. The highest BCUT2D eigenvalue weighted by Crippen LogP contribution is 2.26.